The number of aliphatic carboxylic acids is 1. The van der Waals surface area contributed by atoms with E-state index in [2.05, 4.69) is 12.2 Å². The summed E-state index contributed by atoms with van der Waals surface area (Å²) in [6.45, 7) is 3.52. The van der Waals surface area contributed by atoms with Crippen molar-refractivity contribution >= 4 is 17.7 Å². The van der Waals surface area contributed by atoms with Crippen LogP contribution in [-0.2, 0) is 11.2 Å². The van der Waals surface area contributed by atoms with E-state index in [-0.39, 0.29) is 12.5 Å². The molecule has 0 heterocycles. The Labute approximate surface area is 209 Å². The van der Waals surface area contributed by atoms with Crippen LogP contribution in [0.5, 0.6) is 5.75 Å². The highest BCUT2D eigenvalue weighted by Crippen LogP contribution is 2.35. The summed E-state index contributed by atoms with van der Waals surface area (Å²) >= 11 is 0. The molecule has 190 valence electrons. The second kappa shape index (κ2) is 13.8. The number of unbranched alkanes of at least 4 members (excludes halogenated alkanes) is 2. The maximum atomic E-state index is 12.7. The summed E-state index contributed by atoms with van der Waals surface area (Å²) in [7, 11) is 1.78. The lowest BCUT2D eigenvalue weighted by molar-refractivity contribution is -0.136. The fraction of sp³-hybridized carbons (Fsp3) is 0.517. The first-order valence-corrected chi connectivity index (χ1v) is 13.1. The van der Waals surface area contributed by atoms with E-state index >= 15 is 0 Å². The number of hydrogen-bond donors (Lipinski definition) is 2. The number of urea groups is 1. The number of amides is 2. The highest BCUT2D eigenvalue weighted by molar-refractivity contribution is 5.92. The second-order valence-electron chi connectivity index (χ2n) is 9.58. The zero-order chi connectivity index (χ0) is 25.0. The molecule has 1 saturated carbocycles. The van der Waals surface area contributed by atoms with Crippen LogP contribution in [-0.4, -0.2) is 37.3 Å². The molecule has 2 aromatic carbocycles. The van der Waals surface area contributed by atoms with Crippen molar-refractivity contribution in [2.24, 2.45) is 5.92 Å². The number of rotatable bonds is 12. The van der Waals surface area contributed by atoms with Gasteiger partial charge in [-0.3, -0.25) is 9.69 Å². The maximum Gasteiger partial charge on any atom is 0.321 e. The van der Waals surface area contributed by atoms with E-state index in [9.17, 15) is 9.59 Å². The fourth-order valence-electron chi connectivity index (χ4n) is 4.55. The third-order valence-corrected chi connectivity index (χ3v) is 6.80. The highest BCUT2D eigenvalue weighted by atomic mass is 16.5. The molecule has 0 saturated heterocycles. The van der Waals surface area contributed by atoms with Gasteiger partial charge in [0.15, 0.2) is 0 Å². The lowest BCUT2D eigenvalue weighted by Gasteiger charge is -2.24. The SMILES string of the molecule is CCCCCNC(=O)N(C)c1ccc(OCC2CCCCC2)c(-c2ccc(CCC(=O)O)cc2)c1. The van der Waals surface area contributed by atoms with Crippen molar-refractivity contribution in [2.45, 2.75) is 71.1 Å². The lowest BCUT2D eigenvalue weighted by atomic mass is 9.90. The monoisotopic (exact) mass is 480 g/mol. The molecule has 0 aromatic heterocycles. The Morgan fingerprint density at radius 3 is 2.49 bits per heavy atom. The van der Waals surface area contributed by atoms with Gasteiger partial charge in [-0.25, -0.2) is 4.79 Å². The van der Waals surface area contributed by atoms with Crippen molar-refractivity contribution in [3.63, 3.8) is 0 Å². The standard InChI is InChI=1S/C29H40N2O4/c1-3-4-8-19-30-29(34)31(2)25-16-17-27(35-21-23-9-6-5-7-10-23)26(20-25)24-14-11-22(12-15-24)13-18-28(32)33/h11-12,14-17,20,23H,3-10,13,18-19,21H2,1-2H3,(H,30,34)(H,32,33). The molecule has 6 nitrogen and oxygen atoms in total. The van der Waals surface area contributed by atoms with Crippen molar-refractivity contribution in [1.82, 2.24) is 5.32 Å². The molecule has 0 radical (unpaired) electrons. The Morgan fingerprint density at radius 2 is 1.80 bits per heavy atom. The quantitative estimate of drug-likeness (QED) is 0.333. The van der Waals surface area contributed by atoms with Gasteiger partial charge in [-0.15, -0.1) is 0 Å². The van der Waals surface area contributed by atoms with Gasteiger partial charge in [-0.2, -0.15) is 0 Å². The summed E-state index contributed by atoms with van der Waals surface area (Å²) in [6.07, 6.45) is 10.1. The molecule has 0 unspecified atom stereocenters. The van der Waals surface area contributed by atoms with Crippen LogP contribution in [0.4, 0.5) is 10.5 Å². The summed E-state index contributed by atoms with van der Waals surface area (Å²) in [6, 6.07) is 13.8. The van der Waals surface area contributed by atoms with E-state index in [1.165, 1.54) is 32.1 Å². The van der Waals surface area contributed by atoms with Gasteiger partial charge >= 0.3 is 12.0 Å². The van der Waals surface area contributed by atoms with E-state index in [1.807, 2.05) is 42.5 Å². The molecule has 0 aliphatic heterocycles. The minimum absolute atomic E-state index is 0.114. The number of carboxylic acid groups (broad SMARTS) is 1. The number of hydrogen-bond acceptors (Lipinski definition) is 3. The largest absolute Gasteiger partial charge is 0.493 e. The molecule has 1 fully saturated rings. The molecule has 1 aliphatic rings. The number of carboxylic acids is 1. The van der Waals surface area contributed by atoms with Crippen LogP contribution >= 0.6 is 0 Å². The number of ether oxygens (including phenoxy) is 1. The van der Waals surface area contributed by atoms with E-state index < -0.39 is 5.97 Å². The molecule has 2 N–H and O–H groups in total. The minimum Gasteiger partial charge on any atom is -0.493 e. The van der Waals surface area contributed by atoms with Crippen molar-refractivity contribution in [3.8, 4) is 16.9 Å². The van der Waals surface area contributed by atoms with Crippen molar-refractivity contribution in [2.75, 3.05) is 25.1 Å². The van der Waals surface area contributed by atoms with Crippen LogP contribution in [0.2, 0.25) is 0 Å². The van der Waals surface area contributed by atoms with Crippen molar-refractivity contribution in [1.29, 1.82) is 0 Å². The van der Waals surface area contributed by atoms with E-state index in [0.29, 0.717) is 25.5 Å². The Morgan fingerprint density at radius 1 is 1.06 bits per heavy atom. The molecule has 35 heavy (non-hydrogen) atoms. The highest BCUT2D eigenvalue weighted by Gasteiger charge is 2.18. The molecule has 0 spiro atoms. The van der Waals surface area contributed by atoms with Gasteiger partial charge < -0.3 is 15.2 Å². The summed E-state index contributed by atoms with van der Waals surface area (Å²) < 4.78 is 6.33. The Bertz CT molecular complexity index is 952. The number of anilines is 1. The van der Waals surface area contributed by atoms with Gasteiger partial charge in [0.25, 0.3) is 0 Å². The van der Waals surface area contributed by atoms with Crippen LogP contribution in [0.1, 0.15) is 70.3 Å². The lowest BCUT2D eigenvalue weighted by Crippen LogP contribution is -2.37. The molecule has 0 bridgehead atoms. The third-order valence-electron chi connectivity index (χ3n) is 6.80. The zero-order valence-electron chi connectivity index (χ0n) is 21.2. The van der Waals surface area contributed by atoms with Crippen LogP contribution in [0, 0.1) is 5.92 Å². The first-order chi connectivity index (χ1) is 17.0. The van der Waals surface area contributed by atoms with Gasteiger partial charge in [0.1, 0.15) is 5.75 Å². The molecular weight excluding hydrogens is 440 g/mol. The number of carbonyl (C=O) groups is 2. The molecule has 0 atom stereocenters. The van der Waals surface area contributed by atoms with Gasteiger partial charge in [-0.1, -0.05) is 63.3 Å². The average Bonchev–Trinajstić information content (AvgIpc) is 2.89. The van der Waals surface area contributed by atoms with Crippen LogP contribution in [0.15, 0.2) is 42.5 Å². The Balaban J connectivity index is 1.79. The molecule has 1 aliphatic carbocycles. The van der Waals surface area contributed by atoms with Crippen LogP contribution in [0.3, 0.4) is 0 Å². The summed E-state index contributed by atoms with van der Waals surface area (Å²) in [4.78, 5) is 25.2. The van der Waals surface area contributed by atoms with Crippen LogP contribution < -0.4 is 15.0 Å². The van der Waals surface area contributed by atoms with Gasteiger partial charge in [0.05, 0.1) is 6.61 Å². The van der Waals surface area contributed by atoms with E-state index in [0.717, 1.165) is 47.4 Å². The normalized spacial score (nSPS) is 13.9. The number of benzene rings is 2. The minimum atomic E-state index is -0.795. The first kappa shape index (κ1) is 26.6. The topological polar surface area (TPSA) is 78.9 Å². The molecule has 6 heteroatoms. The zero-order valence-corrected chi connectivity index (χ0v) is 21.2. The summed E-state index contributed by atoms with van der Waals surface area (Å²) in [5.74, 6) is 0.608. The predicted octanol–water partition coefficient (Wildman–Crippen LogP) is 6.67. The van der Waals surface area contributed by atoms with Gasteiger partial charge in [-0.05, 0) is 60.9 Å². The van der Waals surface area contributed by atoms with Gasteiger partial charge in [0, 0.05) is 31.3 Å². The maximum absolute atomic E-state index is 12.7. The molecule has 2 amide bonds. The molecule has 3 rings (SSSR count). The van der Waals surface area contributed by atoms with E-state index in [1.54, 1.807) is 11.9 Å². The van der Waals surface area contributed by atoms with Crippen molar-refractivity contribution < 1.29 is 19.4 Å². The van der Waals surface area contributed by atoms with Crippen LogP contribution in [0.25, 0.3) is 11.1 Å². The Hall–Kier alpha value is -3.02. The molecule has 2 aromatic rings. The molecular formula is C29H40N2O4. The second-order valence-corrected chi connectivity index (χ2v) is 9.58. The smallest absolute Gasteiger partial charge is 0.321 e. The number of nitrogens with zero attached hydrogens (tertiary/aromatic N) is 1. The third kappa shape index (κ3) is 8.30. The van der Waals surface area contributed by atoms with Crippen molar-refractivity contribution in [3.05, 3.63) is 48.0 Å². The Kier molecular flexibility index (Phi) is 10.5. The summed E-state index contributed by atoms with van der Waals surface area (Å²) in [5.41, 5.74) is 3.71. The number of aryl methyl sites for hydroxylation is 1. The number of carbonyl (C=O) groups excluding carboxylic acids is 1. The van der Waals surface area contributed by atoms with Gasteiger partial charge in [0.2, 0.25) is 0 Å². The summed E-state index contributed by atoms with van der Waals surface area (Å²) in [5, 5.41) is 12.0. The fourth-order valence-corrected chi connectivity index (χ4v) is 4.55. The van der Waals surface area contributed by atoms with E-state index in [4.69, 9.17) is 9.84 Å². The predicted molar refractivity (Wildman–Crippen MR) is 141 cm³/mol. The number of nitrogens with one attached hydrogen (secondary N) is 1. The average molecular weight is 481 g/mol. The first-order valence-electron chi connectivity index (χ1n) is 13.1.